The third kappa shape index (κ3) is 4.75. The lowest BCUT2D eigenvalue weighted by Gasteiger charge is -2.08. The number of hydrogen-bond acceptors (Lipinski definition) is 5. The lowest BCUT2D eigenvalue weighted by atomic mass is 10.1. The molecule has 0 unspecified atom stereocenters. The van der Waals surface area contributed by atoms with Crippen molar-refractivity contribution in [3.8, 4) is 0 Å². The Labute approximate surface area is 165 Å². The first kappa shape index (κ1) is 20.7. The summed E-state index contributed by atoms with van der Waals surface area (Å²) in [6.07, 6.45) is 0. The third-order valence-electron chi connectivity index (χ3n) is 3.30. The van der Waals surface area contributed by atoms with E-state index in [9.17, 15) is 18.0 Å². The Balaban J connectivity index is 2.14. The van der Waals surface area contributed by atoms with Gasteiger partial charge in [0.15, 0.2) is 12.4 Å². The number of esters is 1. The van der Waals surface area contributed by atoms with E-state index in [1.165, 1.54) is 37.4 Å². The minimum atomic E-state index is -3.85. The summed E-state index contributed by atoms with van der Waals surface area (Å²) >= 11 is 17.5. The lowest BCUT2D eigenvalue weighted by molar-refractivity contribution is 0.0474. The highest BCUT2D eigenvalue weighted by Gasteiger charge is 2.20. The Morgan fingerprint density at radius 1 is 0.962 bits per heavy atom. The first-order valence-electron chi connectivity index (χ1n) is 7.04. The normalized spacial score (nSPS) is 11.2. The van der Waals surface area contributed by atoms with Gasteiger partial charge < -0.3 is 4.74 Å². The maximum Gasteiger partial charge on any atom is 0.338 e. The van der Waals surface area contributed by atoms with Crippen LogP contribution in [-0.4, -0.2) is 33.8 Å². The highest BCUT2D eigenvalue weighted by molar-refractivity contribution is 7.89. The highest BCUT2D eigenvalue weighted by Crippen LogP contribution is 2.24. The number of rotatable bonds is 6. The van der Waals surface area contributed by atoms with Gasteiger partial charge in [-0.2, -0.15) is 0 Å². The average molecular weight is 437 g/mol. The number of Topliss-reactive ketones (excluding diaryl/α,β-unsaturated/α-hetero) is 1. The van der Waals surface area contributed by atoms with Gasteiger partial charge in [-0.05, 0) is 43.4 Å². The van der Waals surface area contributed by atoms with Crippen LogP contribution in [0.15, 0.2) is 41.3 Å². The van der Waals surface area contributed by atoms with Gasteiger partial charge >= 0.3 is 5.97 Å². The number of sulfonamides is 1. The lowest BCUT2D eigenvalue weighted by Crippen LogP contribution is -2.20. The van der Waals surface area contributed by atoms with Crippen molar-refractivity contribution in [1.82, 2.24) is 4.72 Å². The molecule has 2 rings (SSSR count). The van der Waals surface area contributed by atoms with Crippen molar-refractivity contribution in [3.05, 3.63) is 62.6 Å². The van der Waals surface area contributed by atoms with Crippen molar-refractivity contribution in [2.75, 3.05) is 13.7 Å². The van der Waals surface area contributed by atoms with E-state index in [4.69, 9.17) is 39.5 Å². The molecule has 0 atom stereocenters. The Hall–Kier alpha value is -1.64. The van der Waals surface area contributed by atoms with Gasteiger partial charge in [0.2, 0.25) is 10.0 Å². The Bertz CT molecular complexity index is 976. The summed E-state index contributed by atoms with van der Waals surface area (Å²) < 4.78 is 30.8. The van der Waals surface area contributed by atoms with Crippen molar-refractivity contribution in [3.63, 3.8) is 0 Å². The summed E-state index contributed by atoms with van der Waals surface area (Å²) in [6.45, 7) is -0.548. The smallest absolute Gasteiger partial charge is 0.338 e. The second-order valence-corrected chi connectivity index (χ2v) is 8.06. The highest BCUT2D eigenvalue weighted by atomic mass is 35.5. The molecule has 0 aliphatic rings. The van der Waals surface area contributed by atoms with E-state index in [2.05, 4.69) is 4.72 Å². The fourth-order valence-corrected chi connectivity index (χ4v) is 3.46. The zero-order valence-electron chi connectivity index (χ0n) is 13.3. The number of hydrogen-bond donors (Lipinski definition) is 1. The van der Waals surface area contributed by atoms with Crippen molar-refractivity contribution in [1.29, 1.82) is 0 Å². The molecule has 0 amide bonds. The maximum atomic E-state index is 12.1. The quantitative estimate of drug-likeness (QED) is 0.552. The van der Waals surface area contributed by atoms with Gasteiger partial charge in [-0.15, -0.1) is 0 Å². The number of halogens is 3. The SMILES string of the molecule is CNS(=O)(=O)c1cc(C(=O)OCC(=O)c2ccc(Cl)c(Cl)c2)ccc1Cl. The van der Waals surface area contributed by atoms with Crippen LogP contribution in [0.3, 0.4) is 0 Å². The summed E-state index contributed by atoms with van der Waals surface area (Å²) in [5, 5.41) is 0.436. The van der Waals surface area contributed by atoms with Crippen LogP contribution >= 0.6 is 34.8 Å². The van der Waals surface area contributed by atoms with Crippen LogP contribution in [-0.2, 0) is 14.8 Å². The van der Waals surface area contributed by atoms with E-state index in [1.54, 1.807) is 0 Å². The topological polar surface area (TPSA) is 89.5 Å². The fourth-order valence-electron chi connectivity index (χ4n) is 1.91. The largest absolute Gasteiger partial charge is 0.454 e. The van der Waals surface area contributed by atoms with E-state index in [0.717, 1.165) is 6.07 Å². The average Bonchev–Trinajstić information content (AvgIpc) is 2.61. The predicted molar refractivity (Wildman–Crippen MR) is 98.8 cm³/mol. The van der Waals surface area contributed by atoms with E-state index in [-0.39, 0.29) is 26.1 Å². The molecule has 1 N–H and O–H groups in total. The Morgan fingerprint density at radius 2 is 1.58 bits per heavy atom. The minimum Gasteiger partial charge on any atom is -0.454 e. The van der Waals surface area contributed by atoms with Gasteiger partial charge in [-0.3, -0.25) is 4.79 Å². The molecule has 0 saturated carbocycles. The molecule has 0 spiro atoms. The molecule has 0 bridgehead atoms. The number of benzene rings is 2. The molecule has 0 aliphatic carbocycles. The van der Waals surface area contributed by atoms with Gasteiger partial charge in [0, 0.05) is 5.56 Å². The van der Waals surface area contributed by atoms with Crippen LogP contribution in [0.4, 0.5) is 0 Å². The van der Waals surface area contributed by atoms with Gasteiger partial charge in [-0.1, -0.05) is 34.8 Å². The van der Waals surface area contributed by atoms with Crippen LogP contribution < -0.4 is 4.72 Å². The number of carbonyl (C=O) groups excluding carboxylic acids is 2. The first-order chi connectivity index (χ1) is 12.2. The molecular formula is C16H12Cl3NO5S. The van der Waals surface area contributed by atoms with E-state index in [1.807, 2.05) is 0 Å². The van der Waals surface area contributed by atoms with Crippen molar-refractivity contribution in [2.24, 2.45) is 0 Å². The molecule has 0 saturated heterocycles. The molecule has 26 heavy (non-hydrogen) atoms. The zero-order chi connectivity index (χ0) is 19.5. The van der Waals surface area contributed by atoms with Gasteiger partial charge in [0.1, 0.15) is 4.90 Å². The second-order valence-electron chi connectivity index (χ2n) is 4.98. The Kier molecular flexibility index (Phi) is 6.65. The van der Waals surface area contributed by atoms with Crippen LogP contribution in [0, 0.1) is 0 Å². The monoisotopic (exact) mass is 435 g/mol. The number of carbonyl (C=O) groups is 2. The molecule has 10 heteroatoms. The molecule has 2 aromatic rings. The summed E-state index contributed by atoms with van der Waals surface area (Å²) in [5.41, 5.74) is 0.159. The van der Waals surface area contributed by atoms with Crippen molar-refractivity contribution >= 4 is 56.6 Å². The van der Waals surface area contributed by atoms with Crippen LogP contribution in [0.2, 0.25) is 15.1 Å². The van der Waals surface area contributed by atoms with Crippen molar-refractivity contribution < 1.29 is 22.7 Å². The van der Waals surface area contributed by atoms with Crippen molar-refractivity contribution in [2.45, 2.75) is 4.90 Å². The predicted octanol–water partition coefficient (Wildman–Crippen LogP) is 3.59. The first-order valence-corrected chi connectivity index (χ1v) is 9.66. The Morgan fingerprint density at radius 3 is 2.19 bits per heavy atom. The summed E-state index contributed by atoms with van der Waals surface area (Å²) in [5.74, 6) is -1.36. The molecule has 0 aromatic heterocycles. The zero-order valence-corrected chi connectivity index (χ0v) is 16.3. The molecular weight excluding hydrogens is 425 g/mol. The second kappa shape index (κ2) is 8.37. The maximum absolute atomic E-state index is 12.1. The number of ketones is 1. The van der Waals surface area contributed by atoms with Crippen LogP contribution in [0.5, 0.6) is 0 Å². The number of nitrogens with one attached hydrogen (secondary N) is 1. The third-order valence-corrected chi connectivity index (χ3v) is 5.94. The molecule has 138 valence electrons. The van der Waals surface area contributed by atoms with E-state index >= 15 is 0 Å². The van der Waals surface area contributed by atoms with Crippen LogP contribution in [0.25, 0.3) is 0 Å². The van der Waals surface area contributed by atoms with Gasteiger partial charge in [0.05, 0.1) is 20.6 Å². The van der Waals surface area contributed by atoms with Crippen LogP contribution in [0.1, 0.15) is 20.7 Å². The van der Waals surface area contributed by atoms with Gasteiger partial charge in [0.25, 0.3) is 0 Å². The summed E-state index contributed by atoms with van der Waals surface area (Å²) in [4.78, 5) is 23.9. The standard InChI is InChI=1S/C16H12Cl3NO5S/c1-20-26(23,24)15-7-10(3-5-12(15)18)16(22)25-8-14(21)9-2-4-11(17)13(19)6-9/h2-7,20H,8H2,1H3. The molecule has 0 fully saturated rings. The molecule has 0 heterocycles. The molecule has 0 aliphatic heterocycles. The molecule has 6 nitrogen and oxygen atoms in total. The minimum absolute atomic E-state index is 0.0530. The van der Waals surface area contributed by atoms with E-state index in [0.29, 0.717) is 5.02 Å². The van der Waals surface area contributed by atoms with E-state index < -0.39 is 28.4 Å². The molecule has 2 aromatic carbocycles. The fraction of sp³-hybridized carbons (Fsp3) is 0.125. The summed E-state index contributed by atoms with van der Waals surface area (Å²) in [7, 11) is -2.64. The number of ether oxygens (including phenoxy) is 1. The molecule has 0 radical (unpaired) electrons. The van der Waals surface area contributed by atoms with Gasteiger partial charge in [-0.25, -0.2) is 17.9 Å². The summed E-state index contributed by atoms with van der Waals surface area (Å²) in [6, 6.07) is 7.88.